The standard InChI is InChI=1S/C51H60N8O8/c1-26(2)43(56-50(62)64-3)48(60)58-38-9-5-7-30(38)21-40(58)46-52-24-37(54-46)29-11-13-33-32(19-29)25-67-42-23-34-28(20-35(33)42)12-14-36-45(34)55-47(53-36)41-22-31-8-6-10-39(31)59(41)49(61)44(57-51(63)65-4)27-15-17-66-18-16-27/h11-14,19-20,23-24,26-27,30-31,38-41,43-44H,5-10,15-18,21-22,25H2,1-4H3,(H,52,54)(H,53,55)(H,56,62)(H,57,63)/t30-,31-,38-,39-,40-,41-,43-,44-/m0/s1. The molecule has 2 aliphatic carbocycles. The first kappa shape index (κ1) is 43.4. The summed E-state index contributed by atoms with van der Waals surface area (Å²) in [5.41, 5.74) is 6.72. The van der Waals surface area contributed by atoms with Crippen molar-refractivity contribution in [1.82, 2.24) is 40.4 Å². The van der Waals surface area contributed by atoms with E-state index in [9.17, 15) is 19.2 Å². The molecule has 0 radical (unpaired) electrons. The van der Waals surface area contributed by atoms with Gasteiger partial charge in [-0.25, -0.2) is 19.6 Å². The van der Waals surface area contributed by atoms with Crippen LogP contribution in [0.3, 0.4) is 0 Å². The van der Waals surface area contributed by atoms with Gasteiger partial charge in [0.05, 0.1) is 49.2 Å². The number of benzene rings is 3. The van der Waals surface area contributed by atoms with Gasteiger partial charge >= 0.3 is 12.2 Å². The molecule has 6 heterocycles. The van der Waals surface area contributed by atoms with Crippen LogP contribution in [0, 0.1) is 23.7 Å². The summed E-state index contributed by atoms with van der Waals surface area (Å²) < 4.78 is 22.0. The Morgan fingerprint density at radius 2 is 1.48 bits per heavy atom. The summed E-state index contributed by atoms with van der Waals surface area (Å²) in [6.07, 6.45) is 9.84. The van der Waals surface area contributed by atoms with Crippen molar-refractivity contribution >= 4 is 45.8 Å². The van der Waals surface area contributed by atoms with Gasteiger partial charge < -0.3 is 49.3 Å². The third kappa shape index (κ3) is 7.64. The van der Waals surface area contributed by atoms with Crippen LogP contribution in [0.1, 0.15) is 107 Å². The average molecular weight is 913 g/mol. The highest BCUT2D eigenvalue weighted by molar-refractivity contribution is 6.07. The summed E-state index contributed by atoms with van der Waals surface area (Å²) in [5, 5.41) is 7.71. The molecule has 2 saturated carbocycles. The number of aromatic nitrogens is 4. The Kier molecular flexibility index (Phi) is 11.3. The normalized spacial score (nSPS) is 25.3. The molecule has 6 aliphatic rings. The van der Waals surface area contributed by atoms with E-state index in [4.69, 9.17) is 28.9 Å². The van der Waals surface area contributed by atoms with E-state index < -0.39 is 24.3 Å². The van der Waals surface area contributed by atoms with Gasteiger partial charge in [-0.05, 0) is 121 Å². The summed E-state index contributed by atoms with van der Waals surface area (Å²) in [6, 6.07) is 13.2. The fourth-order valence-electron chi connectivity index (χ4n) is 12.6. The minimum absolute atomic E-state index is 0.0449. The summed E-state index contributed by atoms with van der Waals surface area (Å²) in [5.74, 6) is 2.74. The highest BCUT2D eigenvalue weighted by atomic mass is 16.5. The van der Waals surface area contributed by atoms with Gasteiger partial charge in [0.2, 0.25) is 11.8 Å². The van der Waals surface area contributed by atoms with Crippen molar-refractivity contribution in [1.29, 1.82) is 0 Å². The van der Waals surface area contributed by atoms with E-state index in [-0.39, 0.29) is 47.8 Å². The first-order valence-electron chi connectivity index (χ1n) is 24.3. The second-order valence-corrected chi connectivity index (χ2v) is 19.9. The molecule has 5 aromatic rings. The SMILES string of the molecule is COC(=O)N[C@H](C(=O)N1[C@H](c2ncc(-c3ccc4c(c3)COc3cc5c(ccc6[nH]c([C@@H]7C[C@@H]8CCC[C@@H]8N7C(=O)[C@@H](NC(=O)OC)C7CCOCC7)nc65)cc3-4)[nH]2)C[C@@H]2CCC[C@@H]21)C(C)C. The lowest BCUT2D eigenvalue weighted by Crippen LogP contribution is -2.55. The number of nitrogens with one attached hydrogen (secondary N) is 4. The fourth-order valence-corrected chi connectivity index (χ4v) is 12.6. The van der Waals surface area contributed by atoms with Crippen molar-refractivity contribution < 1.29 is 38.1 Å². The van der Waals surface area contributed by atoms with Gasteiger partial charge in [-0.2, -0.15) is 0 Å². The van der Waals surface area contributed by atoms with Crippen LogP contribution in [0.4, 0.5) is 9.59 Å². The number of likely N-dealkylation sites (tertiary alicyclic amines) is 2. The lowest BCUT2D eigenvalue weighted by atomic mass is 9.90. The van der Waals surface area contributed by atoms with E-state index in [1.54, 1.807) is 0 Å². The van der Waals surface area contributed by atoms with Crippen LogP contribution in [0.15, 0.2) is 48.7 Å². The molecular weight excluding hydrogens is 853 g/mol. The van der Waals surface area contributed by atoms with E-state index in [2.05, 4.69) is 63.1 Å². The Bertz CT molecular complexity index is 2740. The molecule has 4 aliphatic heterocycles. The topological polar surface area (TPSA) is 193 Å². The number of hydrogen-bond donors (Lipinski definition) is 4. The monoisotopic (exact) mass is 912 g/mol. The largest absolute Gasteiger partial charge is 0.488 e. The molecule has 3 saturated heterocycles. The van der Waals surface area contributed by atoms with Gasteiger partial charge in [0.15, 0.2) is 0 Å². The molecular formula is C51H60N8O8. The van der Waals surface area contributed by atoms with Gasteiger partial charge in [0.25, 0.3) is 0 Å². The van der Waals surface area contributed by atoms with Crippen molar-refractivity contribution in [2.45, 2.75) is 121 Å². The molecule has 16 nitrogen and oxygen atoms in total. The number of fused-ring (bicyclic) bond motifs is 8. The first-order valence-corrected chi connectivity index (χ1v) is 24.3. The highest BCUT2D eigenvalue weighted by Crippen LogP contribution is 2.50. The summed E-state index contributed by atoms with van der Waals surface area (Å²) in [7, 11) is 2.65. The molecule has 4 amide bonds. The maximum atomic E-state index is 14.7. The number of alkyl carbamates (subject to hydrolysis) is 2. The Morgan fingerprint density at radius 3 is 2.19 bits per heavy atom. The number of imidazole rings is 2. The molecule has 0 unspecified atom stereocenters. The van der Waals surface area contributed by atoms with Crippen LogP contribution in [-0.2, 0) is 30.4 Å². The number of carbonyl (C=O) groups is 4. The van der Waals surface area contributed by atoms with Crippen LogP contribution < -0.4 is 15.4 Å². The number of carbonyl (C=O) groups excluding carboxylic acids is 4. The van der Waals surface area contributed by atoms with E-state index in [0.717, 1.165) is 119 Å². The number of amides is 4. The Balaban J connectivity index is 0.863. The Morgan fingerprint density at radius 1 is 0.776 bits per heavy atom. The van der Waals surface area contributed by atoms with Gasteiger partial charge in [-0.15, -0.1) is 0 Å². The number of rotatable bonds is 9. The molecule has 3 aromatic carbocycles. The molecule has 352 valence electrons. The van der Waals surface area contributed by atoms with E-state index in [1.807, 2.05) is 29.8 Å². The molecule has 5 fully saturated rings. The molecule has 4 N–H and O–H groups in total. The zero-order valence-corrected chi connectivity index (χ0v) is 38.6. The van der Waals surface area contributed by atoms with E-state index >= 15 is 0 Å². The molecule has 16 heteroatoms. The van der Waals surface area contributed by atoms with Crippen molar-refractivity contribution in [3.8, 4) is 28.1 Å². The van der Waals surface area contributed by atoms with Crippen molar-refractivity contribution in [2.24, 2.45) is 23.7 Å². The second kappa shape index (κ2) is 17.5. The molecule has 67 heavy (non-hydrogen) atoms. The van der Waals surface area contributed by atoms with Crippen LogP contribution in [0.5, 0.6) is 5.75 Å². The maximum absolute atomic E-state index is 14.7. The minimum atomic E-state index is -0.704. The maximum Gasteiger partial charge on any atom is 0.407 e. The quantitative estimate of drug-likeness (QED) is 0.112. The highest BCUT2D eigenvalue weighted by Gasteiger charge is 2.51. The van der Waals surface area contributed by atoms with Gasteiger partial charge in [-0.3, -0.25) is 9.59 Å². The lowest BCUT2D eigenvalue weighted by Gasteiger charge is -2.36. The van der Waals surface area contributed by atoms with Crippen molar-refractivity contribution in [3.05, 3.63) is 65.9 Å². The fraction of sp³-hybridized carbons (Fsp3) is 0.529. The van der Waals surface area contributed by atoms with Gasteiger partial charge in [-0.1, -0.05) is 44.9 Å². The first-order chi connectivity index (χ1) is 32.6. The number of nitrogens with zero attached hydrogens (tertiary/aromatic N) is 4. The summed E-state index contributed by atoms with van der Waals surface area (Å²) >= 11 is 0. The summed E-state index contributed by atoms with van der Waals surface area (Å²) in [6.45, 7) is 5.38. The van der Waals surface area contributed by atoms with Crippen LogP contribution in [-0.4, -0.2) is 105 Å². The van der Waals surface area contributed by atoms with Crippen molar-refractivity contribution in [3.63, 3.8) is 0 Å². The van der Waals surface area contributed by atoms with Crippen molar-refractivity contribution in [2.75, 3.05) is 27.4 Å². The Hall–Kier alpha value is -6.16. The second-order valence-electron chi connectivity index (χ2n) is 19.9. The smallest absolute Gasteiger partial charge is 0.407 e. The number of ether oxygens (including phenoxy) is 4. The molecule has 0 bridgehead atoms. The van der Waals surface area contributed by atoms with E-state index in [1.165, 1.54) is 14.2 Å². The van der Waals surface area contributed by atoms with E-state index in [0.29, 0.717) is 44.5 Å². The van der Waals surface area contributed by atoms with Crippen LogP contribution in [0.2, 0.25) is 0 Å². The summed E-state index contributed by atoms with van der Waals surface area (Å²) in [4.78, 5) is 75.3. The molecule has 2 aromatic heterocycles. The van der Waals surface area contributed by atoms with Gasteiger partial charge in [0.1, 0.15) is 36.1 Å². The number of methoxy groups -OCH3 is 2. The Labute approximate surface area is 389 Å². The third-order valence-corrected chi connectivity index (χ3v) is 15.9. The average Bonchev–Trinajstić information content (AvgIpc) is 4.21. The number of H-pyrrole nitrogens is 2. The lowest BCUT2D eigenvalue weighted by molar-refractivity contribution is -0.139. The van der Waals surface area contributed by atoms with Gasteiger partial charge in [0, 0.05) is 36.2 Å². The number of hydrogen-bond acceptors (Lipinski definition) is 10. The zero-order valence-electron chi connectivity index (χ0n) is 38.6. The number of aromatic amines is 2. The molecule has 11 rings (SSSR count). The minimum Gasteiger partial charge on any atom is -0.488 e. The van der Waals surface area contributed by atoms with Crippen LogP contribution in [0.25, 0.3) is 44.2 Å². The molecule has 8 atom stereocenters. The molecule has 0 spiro atoms. The zero-order chi connectivity index (χ0) is 46.1. The predicted molar refractivity (Wildman–Crippen MR) is 249 cm³/mol. The van der Waals surface area contributed by atoms with Crippen LogP contribution >= 0.6 is 0 Å². The third-order valence-electron chi connectivity index (χ3n) is 15.9. The predicted octanol–water partition coefficient (Wildman–Crippen LogP) is 8.08.